The average Bonchev–Trinajstić information content (AvgIpc) is 2.34. The van der Waals surface area contributed by atoms with Crippen LogP contribution in [0.25, 0.3) is 0 Å². The Morgan fingerprint density at radius 2 is 2.11 bits per heavy atom. The van der Waals surface area contributed by atoms with Gasteiger partial charge in [0.25, 0.3) is 0 Å². The molecule has 0 saturated carbocycles. The summed E-state index contributed by atoms with van der Waals surface area (Å²) in [6, 6.07) is 3.57. The summed E-state index contributed by atoms with van der Waals surface area (Å²) in [5.41, 5.74) is 0. The molecule has 0 aliphatic carbocycles. The van der Waals surface area contributed by atoms with Crippen molar-refractivity contribution in [2.24, 2.45) is 0 Å². The van der Waals surface area contributed by atoms with Crippen molar-refractivity contribution in [3.05, 3.63) is 29.8 Å². The van der Waals surface area contributed by atoms with Crippen LogP contribution in [0.3, 0.4) is 0 Å². The van der Waals surface area contributed by atoms with Crippen LogP contribution >= 0.6 is 0 Å². The monoisotopic (exact) mass is 275 g/mol. The van der Waals surface area contributed by atoms with Gasteiger partial charge >= 0.3 is 0 Å². The van der Waals surface area contributed by atoms with Crippen molar-refractivity contribution in [2.75, 3.05) is 12.8 Å². The molecule has 0 heterocycles. The SMILES string of the molecule is CCC(CCCS(=O)c1ccc(F)cc1F)NC. The quantitative estimate of drug-likeness (QED) is 0.829. The third-order valence-corrected chi connectivity index (χ3v) is 4.40. The molecule has 0 bridgehead atoms. The molecule has 1 aromatic rings. The average molecular weight is 275 g/mol. The van der Waals surface area contributed by atoms with Gasteiger partial charge in [0.15, 0.2) is 0 Å². The van der Waals surface area contributed by atoms with E-state index in [0.717, 1.165) is 31.4 Å². The standard InChI is InChI=1S/C13H19F2NOS/c1-3-11(16-2)5-4-8-18(17)13-7-6-10(14)9-12(13)15/h6-7,9,11,16H,3-5,8H2,1-2H3. The van der Waals surface area contributed by atoms with Gasteiger partial charge < -0.3 is 5.32 Å². The lowest BCUT2D eigenvalue weighted by atomic mass is 10.1. The molecule has 0 saturated heterocycles. The number of hydrogen-bond donors (Lipinski definition) is 1. The minimum atomic E-state index is -1.39. The molecular weight excluding hydrogens is 256 g/mol. The lowest BCUT2D eigenvalue weighted by Gasteiger charge is -2.13. The second-order valence-electron chi connectivity index (χ2n) is 4.16. The first-order valence-electron chi connectivity index (χ1n) is 6.09. The Kier molecular flexibility index (Phi) is 6.43. The first-order valence-corrected chi connectivity index (χ1v) is 7.41. The Hall–Kier alpha value is -0.810. The van der Waals surface area contributed by atoms with Crippen molar-refractivity contribution >= 4 is 10.8 Å². The van der Waals surface area contributed by atoms with E-state index in [4.69, 9.17) is 0 Å². The van der Waals surface area contributed by atoms with Crippen LogP contribution in [-0.4, -0.2) is 23.1 Å². The van der Waals surface area contributed by atoms with Gasteiger partial charge in [0.2, 0.25) is 0 Å². The van der Waals surface area contributed by atoms with E-state index in [2.05, 4.69) is 12.2 Å². The van der Waals surface area contributed by atoms with E-state index in [1.54, 1.807) is 0 Å². The van der Waals surface area contributed by atoms with Crippen LogP contribution in [0.1, 0.15) is 26.2 Å². The maximum Gasteiger partial charge on any atom is 0.142 e. The topological polar surface area (TPSA) is 29.1 Å². The van der Waals surface area contributed by atoms with E-state index < -0.39 is 22.4 Å². The number of benzene rings is 1. The molecule has 2 unspecified atom stereocenters. The Morgan fingerprint density at radius 3 is 2.67 bits per heavy atom. The normalized spacial score (nSPS) is 14.4. The van der Waals surface area contributed by atoms with Gasteiger partial charge in [-0.1, -0.05) is 6.92 Å². The molecule has 0 fully saturated rings. The van der Waals surface area contributed by atoms with E-state index in [9.17, 15) is 13.0 Å². The van der Waals surface area contributed by atoms with E-state index in [1.807, 2.05) is 7.05 Å². The number of halogens is 2. The highest BCUT2D eigenvalue weighted by Crippen LogP contribution is 2.15. The third kappa shape index (κ3) is 4.46. The Labute approximate surface area is 109 Å². The van der Waals surface area contributed by atoms with Gasteiger partial charge in [-0.2, -0.15) is 0 Å². The van der Waals surface area contributed by atoms with Crippen molar-refractivity contribution in [1.82, 2.24) is 5.32 Å². The van der Waals surface area contributed by atoms with Crippen molar-refractivity contribution in [2.45, 2.75) is 37.1 Å². The summed E-state index contributed by atoms with van der Waals surface area (Å²) in [6.45, 7) is 2.08. The molecule has 0 aromatic heterocycles. The van der Waals surface area contributed by atoms with Crippen LogP contribution < -0.4 is 5.32 Å². The largest absolute Gasteiger partial charge is 0.317 e. The van der Waals surface area contributed by atoms with Crippen LogP contribution in [0.4, 0.5) is 8.78 Å². The molecule has 0 radical (unpaired) electrons. The number of rotatable bonds is 7. The third-order valence-electron chi connectivity index (χ3n) is 2.92. The molecule has 18 heavy (non-hydrogen) atoms. The molecular formula is C13H19F2NOS. The van der Waals surface area contributed by atoms with Gasteiger partial charge in [0.05, 0.1) is 15.7 Å². The highest BCUT2D eigenvalue weighted by Gasteiger charge is 2.11. The molecule has 2 atom stereocenters. The summed E-state index contributed by atoms with van der Waals surface area (Å²) in [6.07, 6.45) is 2.67. The molecule has 0 spiro atoms. The van der Waals surface area contributed by atoms with E-state index in [1.165, 1.54) is 6.07 Å². The predicted octanol–water partition coefficient (Wildman–Crippen LogP) is 2.85. The maximum absolute atomic E-state index is 13.4. The van der Waals surface area contributed by atoms with Gasteiger partial charge in [-0.25, -0.2) is 8.78 Å². The molecule has 2 nitrogen and oxygen atoms in total. The summed E-state index contributed by atoms with van der Waals surface area (Å²) in [7, 11) is 0.501. The predicted molar refractivity (Wildman–Crippen MR) is 70.0 cm³/mol. The van der Waals surface area contributed by atoms with E-state index >= 15 is 0 Å². The van der Waals surface area contributed by atoms with Gasteiger partial charge in [-0.15, -0.1) is 0 Å². The molecule has 5 heteroatoms. The van der Waals surface area contributed by atoms with Gasteiger partial charge in [-0.3, -0.25) is 4.21 Å². The summed E-state index contributed by atoms with van der Waals surface area (Å²) in [4.78, 5) is 0.0916. The lowest BCUT2D eigenvalue weighted by Crippen LogP contribution is -2.24. The highest BCUT2D eigenvalue weighted by atomic mass is 32.2. The second kappa shape index (κ2) is 7.59. The van der Waals surface area contributed by atoms with Gasteiger partial charge in [-0.05, 0) is 38.4 Å². The van der Waals surface area contributed by atoms with Crippen LogP contribution in [-0.2, 0) is 10.8 Å². The Balaban J connectivity index is 2.50. The van der Waals surface area contributed by atoms with Gasteiger partial charge in [0, 0.05) is 17.9 Å². The van der Waals surface area contributed by atoms with Crippen LogP contribution in [0, 0.1) is 11.6 Å². The van der Waals surface area contributed by atoms with Crippen LogP contribution in [0.5, 0.6) is 0 Å². The minimum Gasteiger partial charge on any atom is -0.317 e. The summed E-state index contributed by atoms with van der Waals surface area (Å²) in [5, 5.41) is 3.16. The Morgan fingerprint density at radius 1 is 1.39 bits per heavy atom. The summed E-state index contributed by atoms with van der Waals surface area (Å²) in [5.74, 6) is -0.968. The molecule has 1 rings (SSSR count). The van der Waals surface area contributed by atoms with Gasteiger partial charge in [0.1, 0.15) is 11.6 Å². The summed E-state index contributed by atoms with van der Waals surface area (Å²) < 4.78 is 38.0. The minimum absolute atomic E-state index is 0.0916. The zero-order valence-electron chi connectivity index (χ0n) is 10.7. The summed E-state index contributed by atoms with van der Waals surface area (Å²) >= 11 is 0. The lowest BCUT2D eigenvalue weighted by molar-refractivity contribution is 0.503. The fourth-order valence-corrected chi connectivity index (χ4v) is 2.93. The van der Waals surface area contributed by atoms with Crippen molar-refractivity contribution in [1.29, 1.82) is 0 Å². The first kappa shape index (κ1) is 15.2. The molecule has 0 amide bonds. The van der Waals surface area contributed by atoms with E-state index in [-0.39, 0.29) is 4.90 Å². The molecule has 102 valence electrons. The smallest absolute Gasteiger partial charge is 0.142 e. The van der Waals surface area contributed by atoms with Crippen molar-refractivity contribution in [3.8, 4) is 0 Å². The number of hydrogen-bond acceptors (Lipinski definition) is 2. The Bertz CT molecular complexity index is 408. The maximum atomic E-state index is 13.4. The van der Waals surface area contributed by atoms with Crippen LogP contribution in [0.2, 0.25) is 0 Å². The van der Waals surface area contributed by atoms with Crippen molar-refractivity contribution < 1.29 is 13.0 Å². The zero-order valence-corrected chi connectivity index (χ0v) is 11.5. The fourth-order valence-electron chi connectivity index (χ4n) is 1.78. The second-order valence-corrected chi connectivity index (χ2v) is 5.70. The molecule has 0 aliphatic rings. The zero-order chi connectivity index (χ0) is 13.5. The fraction of sp³-hybridized carbons (Fsp3) is 0.538. The van der Waals surface area contributed by atoms with Crippen molar-refractivity contribution in [3.63, 3.8) is 0 Å². The van der Waals surface area contributed by atoms with Crippen LogP contribution in [0.15, 0.2) is 23.1 Å². The highest BCUT2D eigenvalue weighted by molar-refractivity contribution is 7.85. The number of nitrogens with one attached hydrogen (secondary N) is 1. The van der Waals surface area contributed by atoms with E-state index in [0.29, 0.717) is 11.8 Å². The first-order chi connectivity index (χ1) is 8.58. The molecule has 1 N–H and O–H groups in total. The molecule has 0 aliphatic heterocycles. The molecule has 1 aromatic carbocycles.